The zero-order valence-electron chi connectivity index (χ0n) is 12.7. The molecule has 0 aliphatic rings. The predicted octanol–water partition coefficient (Wildman–Crippen LogP) is 3.05. The summed E-state index contributed by atoms with van der Waals surface area (Å²) in [6, 6.07) is 14.3. The molecule has 0 saturated heterocycles. The third-order valence-corrected chi connectivity index (χ3v) is 3.33. The average molecular weight is 311 g/mol. The van der Waals surface area contributed by atoms with Crippen molar-refractivity contribution < 1.29 is 13.7 Å². The van der Waals surface area contributed by atoms with Gasteiger partial charge in [0.15, 0.2) is 5.82 Å². The van der Waals surface area contributed by atoms with Crippen LogP contribution in [0.4, 0.5) is 5.82 Å². The van der Waals surface area contributed by atoms with E-state index in [-0.39, 0.29) is 5.91 Å². The third-order valence-electron chi connectivity index (χ3n) is 3.33. The Bertz CT molecular complexity index is 751. The van der Waals surface area contributed by atoms with Crippen LogP contribution in [-0.2, 0) is 11.3 Å². The van der Waals surface area contributed by atoms with Crippen LogP contribution in [-0.4, -0.2) is 11.1 Å². The first-order valence-electron chi connectivity index (χ1n) is 7.27. The van der Waals surface area contributed by atoms with Crippen LogP contribution in [0.5, 0.6) is 0 Å². The highest BCUT2D eigenvalue weighted by molar-refractivity contribution is 5.94. The van der Waals surface area contributed by atoms with Gasteiger partial charge in [-0.3, -0.25) is 10.1 Å². The Morgan fingerprint density at radius 2 is 2.04 bits per heavy atom. The Labute approximate surface area is 133 Å². The Kier molecular flexibility index (Phi) is 4.54. The largest absolute Gasteiger partial charge is 0.468 e. The Balaban J connectivity index is 1.75. The molecule has 3 aromatic rings. The number of hydrogen-bond donors (Lipinski definition) is 2. The van der Waals surface area contributed by atoms with E-state index in [1.807, 2.05) is 42.5 Å². The molecule has 1 aromatic carbocycles. The topological polar surface area (TPSA) is 80.3 Å². The number of hydrogen-bond acceptors (Lipinski definition) is 5. The maximum atomic E-state index is 12.6. The molecule has 2 aromatic heterocycles. The molecule has 0 spiro atoms. The van der Waals surface area contributed by atoms with Gasteiger partial charge in [0, 0.05) is 6.07 Å². The van der Waals surface area contributed by atoms with E-state index >= 15 is 0 Å². The summed E-state index contributed by atoms with van der Waals surface area (Å²) in [6.07, 6.45) is 1.60. The van der Waals surface area contributed by atoms with Gasteiger partial charge in [-0.15, -0.1) is 0 Å². The second-order valence-corrected chi connectivity index (χ2v) is 5.12. The van der Waals surface area contributed by atoms with Crippen LogP contribution in [0.3, 0.4) is 0 Å². The number of aryl methyl sites for hydroxylation is 1. The van der Waals surface area contributed by atoms with Crippen molar-refractivity contribution in [3.8, 4) is 0 Å². The number of furan rings is 1. The molecule has 0 saturated carbocycles. The van der Waals surface area contributed by atoms with Crippen molar-refractivity contribution in [3.63, 3.8) is 0 Å². The van der Waals surface area contributed by atoms with Crippen LogP contribution in [0, 0.1) is 6.92 Å². The van der Waals surface area contributed by atoms with E-state index in [1.54, 1.807) is 19.3 Å². The molecule has 2 heterocycles. The zero-order valence-corrected chi connectivity index (χ0v) is 12.7. The Morgan fingerprint density at radius 1 is 1.22 bits per heavy atom. The van der Waals surface area contributed by atoms with Gasteiger partial charge in [0.2, 0.25) is 5.91 Å². The molecule has 6 heteroatoms. The number of benzene rings is 1. The molecule has 3 rings (SSSR count). The first kappa shape index (κ1) is 15.1. The second kappa shape index (κ2) is 6.93. The highest BCUT2D eigenvalue weighted by atomic mass is 16.5. The molecule has 0 bridgehead atoms. The average Bonchev–Trinajstić information content (AvgIpc) is 3.20. The summed E-state index contributed by atoms with van der Waals surface area (Å²) in [5, 5.41) is 9.74. The minimum atomic E-state index is -0.529. The SMILES string of the molecule is Cc1cc(NC(=O)[C@H](NCc2ccco2)c2ccccc2)no1. The lowest BCUT2D eigenvalue weighted by atomic mass is 10.1. The maximum Gasteiger partial charge on any atom is 0.247 e. The number of anilines is 1. The molecule has 0 fully saturated rings. The molecule has 118 valence electrons. The van der Waals surface area contributed by atoms with Crippen molar-refractivity contribution in [2.45, 2.75) is 19.5 Å². The van der Waals surface area contributed by atoms with Crippen LogP contribution in [0.15, 0.2) is 63.7 Å². The summed E-state index contributed by atoms with van der Waals surface area (Å²) < 4.78 is 10.3. The minimum absolute atomic E-state index is 0.212. The fraction of sp³-hybridized carbons (Fsp3) is 0.176. The summed E-state index contributed by atoms with van der Waals surface area (Å²) in [5.74, 6) is 1.58. The van der Waals surface area contributed by atoms with Crippen molar-refractivity contribution in [2.24, 2.45) is 0 Å². The van der Waals surface area contributed by atoms with Crippen molar-refractivity contribution in [1.82, 2.24) is 10.5 Å². The fourth-order valence-corrected chi connectivity index (χ4v) is 2.25. The van der Waals surface area contributed by atoms with Crippen LogP contribution in [0.2, 0.25) is 0 Å². The van der Waals surface area contributed by atoms with Crippen LogP contribution < -0.4 is 10.6 Å². The lowest BCUT2D eigenvalue weighted by Gasteiger charge is -2.17. The molecule has 6 nitrogen and oxygen atoms in total. The number of nitrogens with one attached hydrogen (secondary N) is 2. The Morgan fingerprint density at radius 3 is 2.70 bits per heavy atom. The van der Waals surface area contributed by atoms with Gasteiger partial charge in [-0.25, -0.2) is 0 Å². The lowest BCUT2D eigenvalue weighted by molar-refractivity contribution is -0.118. The van der Waals surface area contributed by atoms with E-state index in [9.17, 15) is 4.79 Å². The van der Waals surface area contributed by atoms with Gasteiger partial charge in [-0.2, -0.15) is 0 Å². The summed E-state index contributed by atoms with van der Waals surface area (Å²) >= 11 is 0. The van der Waals surface area contributed by atoms with Gasteiger partial charge < -0.3 is 14.3 Å². The summed E-state index contributed by atoms with van der Waals surface area (Å²) in [5.41, 5.74) is 0.858. The monoisotopic (exact) mass is 311 g/mol. The lowest BCUT2D eigenvalue weighted by Crippen LogP contribution is -2.32. The van der Waals surface area contributed by atoms with E-state index in [0.717, 1.165) is 11.3 Å². The van der Waals surface area contributed by atoms with Crippen LogP contribution in [0.25, 0.3) is 0 Å². The molecule has 0 radical (unpaired) electrons. The highest BCUT2D eigenvalue weighted by Gasteiger charge is 2.21. The van der Waals surface area contributed by atoms with Crippen molar-refractivity contribution in [3.05, 3.63) is 71.9 Å². The predicted molar refractivity (Wildman–Crippen MR) is 84.6 cm³/mol. The number of amides is 1. The van der Waals surface area contributed by atoms with Gasteiger partial charge in [-0.1, -0.05) is 35.5 Å². The Hall–Kier alpha value is -2.86. The third kappa shape index (κ3) is 3.87. The smallest absolute Gasteiger partial charge is 0.247 e. The van der Waals surface area contributed by atoms with Gasteiger partial charge in [0.05, 0.1) is 12.8 Å². The van der Waals surface area contributed by atoms with Crippen LogP contribution >= 0.6 is 0 Å². The van der Waals surface area contributed by atoms with Gasteiger partial charge in [0.25, 0.3) is 0 Å². The van der Waals surface area contributed by atoms with Gasteiger partial charge in [0.1, 0.15) is 17.6 Å². The minimum Gasteiger partial charge on any atom is -0.468 e. The van der Waals surface area contributed by atoms with Crippen molar-refractivity contribution in [2.75, 3.05) is 5.32 Å². The van der Waals surface area contributed by atoms with Crippen LogP contribution in [0.1, 0.15) is 23.1 Å². The molecular weight excluding hydrogens is 294 g/mol. The zero-order chi connectivity index (χ0) is 16.1. The van der Waals surface area contributed by atoms with E-state index < -0.39 is 6.04 Å². The summed E-state index contributed by atoms with van der Waals surface area (Å²) in [7, 11) is 0. The normalized spacial score (nSPS) is 12.0. The maximum absolute atomic E-state index is 12.6. The van der Waals surface area contributed by atoms with E-state index in [2.05, 4.69) is 15.8 Å². The molecule has 2 N–H and O–H groups in total. The quantitative estimate of drug-likeness (QED) is 0.731. The molecule has 23 heavy (non-hydrogen) atoms. The molecule has 1 atom stereocenters. The summed E-state index contributed by atoms with van der Waals surface area (Å²) in [6.45, 7) is 2.21. The molecule has 0 unspecified atom stereocenters. The van der Waals surface area contributed by atoms with Gasteiger partial charge >= 0.3 is 0 Å². The first-order chi connectivity index (χ1) is 11.2. The van der Waals surface area contributed by atoms with E-state index in [1.165, 1.54) is 0 Å². The summed E-state index contributed by atoms with van der Waals surface area (Å²) in [4.78, 5) is 12.6. The van der Waals surface area contributed by atoms with E-state index in [4.69, 9.17) is 8.94 Å². The second-order valence-electron chi connectivity index (χ2n) is 5.12. The van der Waals surface area contributed by atoms with Gasteiger partial charge in [-0.05, 0) is 24.6 Å². The standard InChI is InChI=1S/C17H17N3O3/c1-12-10-15(20-23-12)19-17(21)16(13-6-3-2-4-7-13)18-11-14-8-5-9-22-14/h2-10,16,18H,11H2,1H3,(H,19,20,21)/t16-/m1/s1. The molecule has 0 aliphatic heterocycles. The van der Waals surface area contributed by atoms with Crippen molar-refractivity contribution >= 4 is 11.7 Å². The highest BCUT2D eigenvalue weighted by Crippen LogP contribution is 2.17. The molecule has 1 amide bonds. The molecular formula is C17H17N3O3. The number of carbonyl (C=O) groups is 1. The molecule has 0 aliphatic carbocycles. The fourth-order valence-electron chi connectivity index (χ4n) is 2.25. The number of rotatable bonds is 6. The number of aromatic nitrogens is 1. The van der Waals surface area contributed by atoms with Crippen molar-refractivity contribution in [1.29, 1.82) is 0 Å². The number of carbonyl (C=O) groups excluding carboxylic acids is 1. The number of nitrogens with zero attached hydrogens (tertiary/aromatic N) is 1. The first-order valence-corrected chi connectivity index (χ1v) is 7.27. The van der Waals surface area contributed by atoms with E-state index in [0.29, 0.717) is 18.1 Å².